The Morgan fingerprint density at radius 1 is 1.41 bits per heavy atom. The first-order valence-electron chi connectivity index (χ1n) is 5.96. The maximum absolute atomic E-state index is 12.7. The quantitative estimate of drug-likeness (QED) is 0.798. The Morgan fingerprint density at radius 2 is 2.12 bits per heavy atom. The molecule has 0 radical (unpaired) electrons. The van der Waals surface area contributed by atoms with Gasteiger partial charge in [0.1, 0.15) is 5.82 Å². The minimum absolute atomic E-state index is 0.0943. The molecule has 1 atom stereocenters. The summed E-state index contributed by atoms with van der Waals surface area (Å²) in [5, 5.41) is 2.78. The Bertz CT molecular complexity index is 391. The van der Waals surface area contributed by atoms with Crippen LogP contribution in [0.4, 0.5) is 14.9 Å². The summed E-state index contributed by atoms with van der Waals surface area (Å²) in [6, 6.07) is 5.73. The van der Waals surface area contributed by atoms with Crippen LogP contribution in [0.25, 0.3) is 0 Å². The number of rotatable bonds is 1. The molecule has 1 fully saturated rings. The lowest BCUT2D eigenvalue weighted by molar-refractivity contribution is 0.182. The molecule has 1 aromatic carbocycles. The maximum atomic E-state index is 12.7. The molecular weight excluding hydrogens is 219 g/mol. The molecule has 0 spiro atoms. The fraction of sp³-hybridized carbons (Fsp3) is 0.462. The smallest absolute Gasteiger partial charge is 0.321 e. The summed E-state index contributed by atoms with van der Waals surface area (Å²) >= 11 is 0. The second-order valence-electron chi connectivity index (χ2n) is 4.63. The van der Waals surface area contributed by atoms with Crippen molar-refractivity contribution >= 4 is 11.7 Å². The molecule has 0 aliphatic carbocycles. The fourth-order valence-corrected chi connectivity index (χ4v) is 2.11. The molecule has 0 bridgehead atoms. The van der Waals surface area contributed by atoms with E-state index in [4.69, 9.17) is 0 Å². The predicted octanol–water partition coefficient (Wildman–Crippen LogP) is 3.09. The molecule has 1 N–H and O–H groups in total. The molecule has 2 amide bonds. The number of nitrogens with one attached hydrogen (secondary N) is 1. The number of carbonyl (C=O) groups is 1. The van der Waals surface area contributed by atoms with Crippen LogP contribution in [0.5, 0.6) is 0 Å². The Balaban J connectivity index is 1.94. The zero-order valence-corrected chi connectivity index (χ0v) is 9.95. The lowest BCUT2D eigenvalue weighted by Crippen LogP contribution is -2.41. The molecule has 17 heavy (non-hydrogen) atoms. The standard InChI is InChI=1S/C13H17FN2O/c1-10-3-2-8-16(9-10)13(17)15-12-6-4-11(14)5-7-12/h4-7,10H,2-3,8-9H2,1H3,(H,15,17). The third kappa shape index (κ3) is 3.19. The van der Waals surface area contributed by atoms with Gasteiger partial charge in [0, 0.05) is 18.8 Å². The van der Waals surface area contributed by atoms with Gasteiger partial charge in [-0.3, -0.25) is 0 Å². The van der Waals surface area contributed by atoms with Gasteiger partial charge in [-0.2, -0.15) is 0 Å². The molecule has 1 aromatic rings. The highest BCUT2D eigenvalue weighted by Gasteiger charge is 2.20. The van der Waals surface area contributed by atoms with Crippen LogP contribution in [0.15, 0.2) is 24.3 Å². The van der Waals surface area contributed by atoms with Crippen molar-refractivity contribution in [3.05, 3.63) is 30.1 Å². The average molecular weight is 236 g/mol. The van der Waals surface area contributed by atoms with E-state index in [1.54, 1.807) is 12.1 Å². The van der Waals surface area contributed by atoms with Gasteiger partial charge in [-0.1, -0.05) is 6.92 Å². The number of nitrogens with zero attached hydrogens (tertiary/aromatic N) is 1. The fourth-order valence-electron chi connectivity index (χ4n) is 2.11. The second kappa shape index (κ2) is 5.17. The number of urea groups is 1. The molecule has 4 heteroatoms. The summed E-state index contributed by atoms with van der Waals surface area (Å²) in [7, 11) is 0. The number of amides is 2. The van der Waals surface area contributed by atoms with Crippen LogP contribution in [0, 0.1) is 11.7 Å². The highest BCUT2D eigenvalue weighted by Crippen LogP contribution is 2.17. The number of hydrogen-bond donors (Lipinski definition) is 1. The van der Waals surface area contributed by atoms with Gasteiger partial charge < -0.3 is 10.2 Å². The molecule has 92 valence electrons. The number of likely N-dealkylation sites (tertiary alicyclic amines) is 1. The summed E-state index contributed by atoms with van der Waals surface area (Å²) in [4.78, 5) is 13.7. The maximum Gasteiger partial charge on any atom is 0.321 e. The zero-order chi connectivity index (χ0) is 12.3. The Labute approximate surface area is 101 Å². The van der Waals surface area contributed by atoms with E-state index >= 15 is 0 Å². The van der Waals surface area contributed by atoms with Gasteiger partial charge in [0.2, 0.25) is 0 Å². The van der Waals surface area contributed by atoms with Crippen molar-refractivity contribution in [3.8, 4) is 0 Å². The van der Waals surface area contributed by atoms with Crippen LogP contribution >= 0.6 is 0 Å². The summed E-state index contributed by atoms with van der Waals surface area (Å²) in [5.74, 6) is 0.261. The number of anilines is 1. The molecule has 1 heterocycles. The molecule has 1 saturated heterocycles. The van der Waals surface area contributed by atoms with E-state index < -0.39 is 0 Å². The van der Waals surface area contributed by atoms with Crippen molar-refractivity contribution < 1.29 is 9.18 Å². The van der Waals surface area contributed by atoms with Gasteiger partial charge in [0.15, 0.2) is 0 Å². The number of carbonyl (C=O) groups excluding carboxylic acids is 1. The van der Waals surface area contributed by atoms with Crippen molar-refractivity contribution in [3.63, 3.8) is 0 Å². The largest absolute Gasteiger partial charge is 0.324 e. The SMILES string of the molecule is CC1CCCN(C(=O)Nc2ccc(F)cc2)C1. The number of halogens is 1. The first-order valence-corrected chi connectivity index (χ1v) is 5.96. The van der Waals surface area contributed by atoms with Gasteiger partial charge in [0.25, 0.3) is 0 Å². The van der Waals surface area contributed by atoms with E-state index in [1.165, 1.54) is 18.6 Å². The Hall–Kier alpha value is -1.58. The van der Waals surface area contributed by atoms with E-state index in [0.717, 1.165) is 19.5 Å². The highest BCUT2D eigenvalue weighted by molar-refractivity contribution is 5.89. The first kappa shape index (κ1) is 11.9. The predicted molar refractivity (Wildman–Crippen MR) is 65.4 cm³/mol. The van der Waals surface area contributed by atoms with Crippen molar-refractivity contribution in [1.29, 1.82) is 0 Å². The topological polar surface area (TPSA) is 32.3 Å². The molecule has 1 aliphatic heterocycles. The third-order valence-corrected chi connectivity index (χ3v) is 3.04. The number of piperidine rings is 1. The summed E-state index contributed by atoms with van der Waals surface area (Å²) < 4.78 is 12.7. The molecule has 1 unspecified atom stereocenters. The molecular formula is C13H17FN2O. The lowest BCUT2D eigenvalue weighted by atomic mass is 10.0. The number of hydrogen-bond acceptors (Lipinski definition) is 1. The van der Waals surface area contributed by atoms with Gasteiger partial charge in [-0.15, -0.1) is 0 Å². The molecule has 0 saturated carbocycles. The van der Waals surface area contributed by atoms with Crippen molar-refractivity contribution in [1.82, 2.24) is 4.90 Å². The van der Waals surface area contributed by atoms with E-state index in [1.807, 2.05) is 4.90 Å². The van der Waals surface area contributed by atoms with E-state index in [2.05, 4.69) is 12.2 Å². The van der Waals surface area contributed by atoms with Crippen LogP contribution in [-0.4, -0.2) is 24.0 Å². The third-order valence-electron chi connectivity index (χ3n) is 3.04. The average Bonchev–Trinajstić information content (AvgIpc) is 2.32. The normalized spacial score (nSPS) is 20.1. The molecule has 0 aromatic heterocycles. The second-order valence-corrected chi connectivity index (χ2v) is 4.63. The van der Waals surface area contributed by atoms with Crippen LogP contribution in [0.2, 0.25) is 0 Å². The summed E-state index contributed by atoms with van der Waals surface area (Å²) in [6.07, 6.45) is 2.23. The van der Waals surface area contributed by atoms with Crippen molar-refractivity contribution in [2.45, 2.75) is 19.8 Å². The van der Waals surface area contributed by atoms with Crippen LogP contribution in [0.3, 0.4) is 0 Å². The van der Waals surface area contributed by atoms with E-state index in [-0.39, 0.29) is 11.8 Å². The monoisotopic (exact) mass is 236 g/mol. The highest BCUT2D eigenvalue weighted by atomic mass is 19.1. The van der Waals surface area contributed by atoms with Crippen LogP contribution < -0.4 is 5.32 Å². The Morgan fingerprint density at radius 3 is 2.76 bits per heavy atom. The van der Waals surface area contributed by atoms with Crippen LogP contribution in [-0.2, 0) is 0 Å². The van der Waals surface area contributed by atoms with Crippen LogP contribution in [0.1, 0.15) is 19.8 Å². The van der Waals surface area contributed by atoms with Gasteiger partial charge in [0.05, 0.1) is 0 Å². The lowest BCUT2D eigenvalue weighted by Gasteiger charge is -2.30. The molecule has 3 nitrogen and oxygen atoms in total. The summed E-state index contributed by atoms with van der Waals surface area (Å²) in [6.45, 7) is 3.75. The molecule has 1 aliphatic rings. The van der Waals surface area contributed by atoms with Gasteiger partial charge >= 0.3 is 6.03 Å². The number of benzene rings is 1. The minimum Gasteiger partial charge on any atom is -0.324 e. The Kier molecular flexibility index (Phi) is 3.61. The van der Waals surface area contributed by atoms with E-state index in [9.17, 15) is 9.18 Å². The summed E-state index contributed by atoms with van der Waals surface area (Å²) in [5.41, 5.74) is 0.634. The first-order chi connectivity index (χ1) is 8.15. The van der Waals surface area contributed by atoms with E-state index in [0.29, 0.717) is 11.6 Å². The molecule has 2 rings (SSSR count). The van der Waals surface area contributed by atoms with Crippen molar-refractivity contribution in [2.24, 2.45) is 5.92 Å². The zero-order valence-electron chi connectivity index (χ0n) is 9.95. The van der Waals surface area contributed by atoms with Gasteiger partial charge in [-0.25, -0.2) is 9.18 Å². The minimum atomic E-state index is -0.297. The van der Waals surface area contributed by atoms with Crippen molar-refractivity contribution in [2.75, 3.05) is 18.4 Å². The van der Waals surface area contributed by atoms with Gasteiger partial charge in [-0.05, 0) is 43.0 Å².